The summed E-state index contributed by atoms with van der Waals surface area (Å²) in [6.45, 7) is 5.70. The molecule has 0 aromatic rings. The average molecular weight is 231 g/mol. The fraction of sp³-hybridized carbons (Fsp3) is 0.818. The number of carbonyl (C=O) groups excluding carboxylic acids is 1. The molecule has 0 aromatic carbocycles. The molecule has 0 fully saturated rings. The molecule has 0 spiro atoms. The van der Waals surface area contributed by atoms with E-state index in [2.05, 4.69) is 0 Å². The number of aliphatic carboxylic acids is 1. The van der Waals surface area contributed by atoms with Crippen LogP contribution in [0.1, 0.15) is 33.6 Å². The second-order valence-corrected chi connectivity index (χ2v) is 4.47. The molecule has 0 saturated carbocycles. The van der Waals surface area contributed by atoms with Gasteiger partial charge in [-0.05, 0) is 20.3 Å². The van der Waals surface area contributed by atoms with Crippen molar-refractivity contribution in [1.82, 2.24) is 4.90 Å². The van der Waals surface area contributed by atoms with Crippen LogP contribution in [0.4, 0.5) is 0 Å². The van der Waals surface area contributed by atoms with Crippen molar-refractivity contribution >= 4 is 11.9 Å². The molecule has 5 nitrogen and oxygen atoms in total. The number of carboxylic acids is 1. The summed E-state index contributed by atoms with van der Waals surface area (Å²) in [6.07, 6.45) is 0.752. The largest absolute Gasteiger partial charge is 0.481 e. The van der Waals surface area contributed by atoms with E-state index in [1.54, 1.807) is 0 Å². The third kappa shape index (κ3) is 4.61. The van der Waals surface area contributed by atoms with Crippen LogP contribution in [0, 0.1) is 5.41 Å². The Morgan fingerprint density at radius 1 is 1.25 bits per heavy atom. The molecule has 0 aliphatic carbocycles. The first-order chi connectivity index (χ1) is 7.35. The highest BCUT2D eigenvalue weighted by Crippen LogP contribution is 2.21. The number of hydrogen-bond acceptors (Lipinski definition) is 3. The fourth-order valence-corrected chi connectivity index (χ4v) is 1.32. The van der Waals surface area contributed by atoms with Crippen molar-refractivity contribution in [3.8, 4) is 0 Å². The molecule has 0 bridgehead atoms. The Morgan fingerprint density at radius 3 is 2.19 bits per heavy atom. The monoisotopic (exact) mass is 231 g/mol. The summed E-state index contributed by atoms with van der Waals surface area (Å²) in [7, 11) is 0. The highest BCUT2D eigenvalue weighted by atomic mass is 16.4. The van der Waals surface area contributed by atoms with Crippen LogP contribution in [0.15, 0.2) is 0 Å². The van der Waals surface area contributed by atoms with E-state index in [-0.39, 0.29) is 25.5 Å². The van der Waals surface area contributed by atoms with E-state index < -0.39 is 11.4 Å². The Labute approximate surface area is 96.1 Å². The lowest BCUT2D eigenvalue weighted by atomic mass is 9.89. The van der Waals surface area contributed by atoms with Gasteiger partial charge >= 0.3 is 5.97 Å². The maximum atomic E-state index is 11.8. The third-order valence-corrected chi connectivity index (χ3v) is 2.39. The lowest BCUT2D eigenvalue weighted by Gasteiger charge is -2.25. The second-order valence-electron chi connectivity index (χ2n) is 4.47. The van der Waals surface area contributed by atoms with Gasteiger partial charge in [0.05, 0.1) is 12.0 Å². The number of rotatable bonds is 7. The van der Waals surface area contributed by atoms with Crippen LogP contribution in [0.2, 0.25) is 0 Å². The molecular formula is C11H21NO4. The number of nitrogens with zero attached hydrogens (tertiary/aromatic N) is 1. The first-order valence-electron chi connectivity index (χ1n) is 5.47. The molecule has 0 aromatic heterocycles. The molecule has 0 aliphatic rings. The predicted molar refractivity (Wildman–Crippen MR) is 60.0 cm³/mol. The van der Waals surface area contributed by atoms with Crippen LogP contribution >= 0.6 is 0 Å². The highest BCUT2D eigenvalue weighted by Gasteiger charge is 2.31. The van der Waals surface area contributed by atoms with Crippen LogP contribution in [0.3, 0.4) is 0 Å². The topological polar surface area (TPSA) is 77.8 Å². The minimum absolute atomic E-state index is 0.0394. The van der Waals surface area contributed by atoms with Crippen LogP contribution < -0.4 is 0 Å². The van der Waals surface area contributed by atoms with Crippen molar-refractivity contribution in [2.45, 2.75) is 33.6 Å². The summed E-state index contributed by atoms with van der Waals surface area (Å²) in [5, 5.41) is 17.7. The molecule has 0 rings (SSSR count). The fourth-order valence-electron chi connectivity index (χ4n) is 1.32. The van der Waals surface area contributed by atoms with Gasteiger partial charge in [-0.25, -0.2) is 0 Å². The average Bonchev–Trinajstić information content (AvgIpc) is 2.16. The van der Waals surface area contributed by atoms with Gasteiger partial charge < -0.3 is 15.1 Å². The second kappa shape index (κ2) is 6.48. The number of aliphatic hydroxyl groups is 1. The van der Waals surface area contributed by atoms with Crippen LogP contribution in [0.5, 0.6) is 0 Å². The first kappa shape index (κ1) is 14.9. The summed E-state index contributed by atoms with van der Waals surface area (Å²) < 4.78 is 0. The Kier molecular flexibility index (Phi) is 6.03. The zero-order chi connectivity index (χ0) is 12.8. The Bertz CT molecular complexity index is 244. The van der Waals surface area contributed by atoms with Crippen LogP contribution in [-0.4, -0.2) is 46.7 Å². The number of carbonyl (C=O) groups is 2. The molecule has 0 heterocycles. The summed E-state index contributed by atoms with van der Waals surface area (Å²) in [4.78, 5) is 24.2. The van der Waals surface area contributed by atoms with Gasteiger partial charge in [0.15, 0.2) is 0 Å². The van der Waals surface area contributed by atoms with Crippen molar-refractivity contribution in [2.75, 3.05) is 19.7 Å². The number of hydrogen-bond donors (Lipinski definition) is 2. The minimum atomic E-state index is -1.06. The van der Waals surface area contributed by atoms with Crippen molar-refractivity contribution < 1.29 is 19.8 Å². The van der Waals surface area contributed by atoms with Crippen LogP contribution in [-0.2, 0) is 9.59 Å². The maximum absolute atomic E-state index is 11.8. The minimum Gasteiger partial charge on any atom is -0.481 e. The van der Waals surface area contributed by atoms with E-state index in [1.807, 2.05) is 6.92 Å². The molecule has 2 N–H and O–H groups in total. The lowest BCUT2D eigenvalue weighted by Crippen LogP contribution is -2.38. The smallest absolute Gasteiger partial charge is 0.309 e. The molecule has 94 valence electrons. The van der Waals surface area contributed by atoms with Crippen molar-refractivity contribution in [3.63, 3.8) is 0 Å². The van der Waals surface area contributed by atoms with E-state index in [4.69, 9.17) is 10.2 Å². The SMILES string of the molecule is CCCN(CCO)C(=O)CC(C)(C)C(=O)O. The molecule has 16 heavy (non-hydrogen) atoms. The molecule has 0 radical (unpaired) electrons. The zero-order valence-corrected chi connectivity index (χ0v) is 10.2. The quantitative estimate of drug-likeness (QED) is 0.676. The van der Waals surface area contributed by atoms with E-state index in [1.165, 1.54) is 18.7 Å². The summed E-state index contributed by atoms with van der Waals surface area (Å²) in [5.41, 5.74) is -1.06. The molecule has 1 amide bonds. The standard InChI is InChI=1S/C11H21NO4/c1-4-5-12(6-7-13)9(14)8-11(2,3)10(15)16/h13H,4-8H2,1-3H3,(H,15,16). The first-order valence-corrected chi connectivity index (χ1v) is 5.47. The van der Waals surface area contributed by atoms with Gasteiger partial charge in [-0.15, -0.1) is 0 Å². The van der Waals surface area contributed by atoms with E-state index >= 15 is 0 Å². The normalized spacial score (nSPS) is 11.2. The lowest BCUT2D eigenvalue weighted by molar-refractivity contribution is -0.151. The zero-order valence-electron chi connectivity index (χ0n) is 10.2. The van der Waals surface area contributed by atoms with Crippen molar-refractivity contribution in [1.29, 1.82) is 0 Å². The van der Waals surface area contributed by atoms with E-state index in [9.17, 15) is 9.59 Å². The van der Waals surface area contributed by atoms with Crippen LogP contribution in [0.25, 0.3) is 0 Å². The van der Waals surface area contributed by atoms with Gasteiger partial charge in [-0.2, -0.15) is 0 Å². The highest BCUT2D eigenvalue weighted by molar-refractivity contribution is 5.84. The van der Waals surface area contributed by atoms with Crippen molar-refractivity contribution in [2.24, 2.45) is 5.41 Å². The van der Waals surface area contributed by atoms with E-state index in [0.29, 0.717) is 6.54 Å². The Morgan fingerprint density at radius 2 is 1.81 bits per heavy atom. The Balaban J connectivity index is 4.45. The van der Waals surface area contributed by atoms with Gasteiger partial charge in [0.1, 0.15) is 0 Å². The third-order valence-electron chi connectivity index (χ3n) is 2.39. The Hall–Kier alpha value is -1.10. The molecule has 5 heteroatoms. The molecular weight excluding hydrogens is 210 g/mol. The summed E-state index contributed by atoms with van der Waals surface area (Å²) in [6, 6.07) is 0. The number of amides is 1. The van der Waals surface area contributed by atoms with E-state index in [0.717, 1.165) is 6.42 Å². The summed E-state index contributed by atoms with van der Waals surface area (Å²) >= 11 is 0. The van der Waals surface area contributed by atoms with Gasteiger partial charge in [-0.1, -0.05) is 6.92 Å². The molecule has 0 atom stereocenters. The molecule has 0 aliphatic heterocycles. The molecule has 0 saturated heterocycles. The predicted octanol–water partition coefficient (Wildman–Crippen LogP) is 0.718. The number of aliphatic hydroxyl groups excluding tert-OH is 1. The maximum Gasteiger partial charge on any atom is 0.309 e. The summed E-state index contributed by atoms with van der Waals surface area (Å²) in [5.74, 6) is -1.20. The van der Waals surface area contributed by atoms with Gasteiger partial charge in [0, 0.05) is 19.5 Å². The van der Waals surface area contributed by atoms with Gasteiger partial charge in [0.2, 0.25) is 5.91 Å². The van der Waals surface area contributed by atoms with Gasteiger partial charge in [0.25, 0.3) is 0 Å². The number of carboxylic acid groups (broad SMARTS) is 1. The van der Waals surface area contributed by atoms with Gasteiger partial charge in [-0.3, -0.25) is 9.59 Å². The van der Waals surface area contributed by atoms with Crippen molar-refractivity contribution in [3.05, 3.63) is 0 Å². The molecule has 0 unspecified atom stereocenters.